The standard InChI is InChI=1S/C16H24N2O3S/c1-13(2)11-17-16(19)14-7-6-10-18(12-14)22(20,21)15-8-4-3-5-9-15/h3-5,8-9,13-14H,6-7,10-12H2,1-2H3,(H,17,19)/t14-/m0/s1. The molecular formula is C16H24N2O3S. The Morgan fingerprint density at radius 1 is 1.32 bits per heavy atom. The highest BCUT2D eigenvalue weighted by atomic mass is 32.2. The maximum absolute atomic E-state index is 12.6. The summed E-state index contributed by atoms with van der Waals surface area (Å²) in [6, 6.07) is 8.40. The minimum Gasteiger partial charge on any atom is -0.356 e. The first-order valence-corrected chi connectivity index (χ1v) is 9.18. The van der Waals surface area contributed by atoms with Gasteiger partial charge in [-0.25, -0.2) is 8.42 Å². The highest BCUT2D eigenvalue weighted by molar-refractivity contribution is 7.89. The number of amides is 1. The van der Waals surface area contributed by atoms with Crippen molar-refractivity contribution in [2.45, 2.75) is 31.6 Å². The van der Waals surface area contributed by atoms with Crippen molar-refractivity contribution >= 4 is 15.9 Å². The van der Waals surface area contributed by atoms with Crippen molar-refractivity contribution in [3.05, 3.63) is 30.3 Å². The fourth-order valence-corrected chi connectivity index (χ4v) is 4.11. The molecule has 1 N–H and O–H groups in total. The van der Waals surface area contributed by atoms with Crippen LogP contribution in [-0.4, -0.2) is 38.3 Å². The molecule has 0 bridgehead atoms. The Morgan fingerprint density at radius 3 is 2.64 bits per heavy atom. The summed E-state index contributed by atoms with van der Waals surface area (Å²) in [6.45, 7) is 5.44. The molecule has 122 valence electrons. The van der Waals surface area contributed by atoms with E-state index in [4.69, 9.17) is 0 Å². The number of nitrogens with zero attached hydrogens (tertiary/aromatic N) is 1. The summed E-state index contributed by atoms with van der Waals surface area (Å²) in [5, 5.41) is 2.90. The monoisotopic (exact) mass is 324 g/mol. The minimum absolute atomic E-state index is 0.0401. The molecule has 22 heavy (non-hydrogen) atoms. The highest BCUT2D eigenvalue weighted by Crippen LogP contribution is 2.23. The molecule has 0 spiro atoms. The molecule has 5 nitrogen and oxygen atoms in total. The second-order valence-corrected chi connectivity index (χ2v) is 8.09. The predicted octanol–water partition coefficient (Wildman–Crippen LogP) is 1.86. The van der Waals surface area contributed by atoms with Crippen LogP contribution in [0.2, 0.25) is 0 Å². The van der Waals surface area contributed by atoms with Gasteiger partial charge in [0, 0.05) is 19.6 Å². The Morgan fingerprint density at radius 2 is 2.00 bits per heavy atom. The van der Waals surface area contributed by atoms with E-state index < -0.39 is 10.0 Å². The Kier molecular flexibility index (Phi) is 5.58. The molecule has 1 atom stereocenters. The van der Waals surface area contributed by atoms with Crippen LogP contribution in [0.15, 0.2) is 35.2 Å². The number of sulfonamides is 1. The lowest BCUT2D eigenvalue weighted by Crippen LogP contribution is -2.45. The smallest absolute Gasteiger partial charge is 0.243 e. The van der Waals surface area contributed by atoms with Gasteiger partial charge in [-0.2, -0.15) is 4.31 Å². The van der Waals surface area contributed by atoms with Gasteiger partial charge < -0.3 is 5.32 Å². The SMILES string of the molecule is CC(C)CNC(=O)[C@H]1CCCN(S(=O)(=O)c2ccccc2)C1. The van der Waals surface area contributed by atoms with E-state index in [9.17, 15) is 13.2 Å². The number of benzene rings is 1. The maximum Gasteiger partial charge on any atom is 0.243 e. The molecule has 1 aliphatic rings. The third-order valence-electron chi connectivity index (χ3n) is 3.82. The van der Waals surface area contributed by atoms with Crippen molar-refractivity contribution in [3.8, 4) is 0 Å². The Balaban J connectivity index is 2.06. The molecule has 1 aromatic rings. The Labute approximate surface area is 132 Å². The van der Waals surface area contributed by atoms with Crippen LogP contribution >= 0.6 is 0 Å². The maximum atomic E-state index is 12.6. The Bertz CT molecular complexity index is 599. The first-order valence-electron chi connectivity index (χ1n) is 7.74. The zero-order valence-corrected chi connectivity index (χ0v) is 14.0. The molecular weight excluding hydrogens is 300 g/mol. The van der Waals surface area contributed by atoms with Crippen molar-refractivity contribution in [2.24, 2.45) is 11.8 Å². The van der Waals surface area contributed by atoms with Crippen LogP contribution in [0.3, 0.4) is 0 Å². The number of nitrogens with one attached hydrogen (secondary N) is 1. The second kappa shape index (κ2) is 7.24. The van der Waals surface area contributed by atoms with Crippen molar-refractivity contribution in [2.75, 3.05) is 19.6 Å². The molecule has 1 aromatic carbocycles. The molecule has 0 aromatic heterocycles. The van der Waals surface area contributed by atoms with E-state index in [1.807, 2.05) is 13.8 Å². The second-order valence-electron chi connectivity index (χ2n) is 6.15. The van der Waals surface area contributed by atoms with Crippen LogP contribution in [0.1, 0.15) is 26.7 Å². The fraction of sp³-hybridized carbons (Fsp3) is 0.562. The number of hydrogen-bond acceptors (Lipinski definition) is 3. The summed E-state index contributed by atoms with van der Waals surface area (Å²) < 4.78 is 26.7. The summed E-state index contributed by atoms with van der Waals surface area (Å²) in [6.07, 6.45) is 1.45. The zero-order valence-electron chi connectivity index (χ0n) is 13.2. The largest absolute Gasteiger partial charge is 0.356 e. The number of carbonyl (C=O) groups excluding carboxylic acids is 1. The summed E-state index contributed by atoms with van der Waals surface area (Å²) >= 11 is 0. The van der Waals surface area contributed by atoms with Crippen molar-refractivity contribution < 1.29 is 13.2 Å². The van der Waals surface area contributed by atoms with Gasteiger partial charge in [-0.1, -0.05) is 32.0 Å². The van der Waals surface area contributed by atoms with Gasteiger partial charge in [0.15, 0.2) is 0 Å². The van der Waals surface area contributed by atoms with Crippen molar-refractivity contribution in [3.63, 3.8) is 0 Å². The van der Waals surface area contributed by atoms with Gasteiger partial charge in [0.05, 0.1) is 10.8 Å². The van der Waals surface area contributed by atoms with Gasteiger partial charge in [-0.15, -0.1) is 0 Å². The average Bonchev–Trinajstić information content (AvgIpc) is 2.53. The highest BCUT2D eigenvalue weighted by Gasteiger charge is 2.33. The van der Waals surface area contributed by atoms with E-state index in [2.05, 4.69) is 5.32 Å². The molecule has 2 rings (SSSR count). The van der Waals surface area contributed by atoms with Gasteiger partial charge in [0.2, 0.25) is 15.9 Å². The number of rotatable bonds is 5. The van der Waals surface area contributed by atoms with E-state index in [1.165, 1.54) is 4.31 Å². The van der Waals surface area contributed by atoms with E-state index in [0.29, 0.717) is 30.3 Å². The molecule has 0 unspecified atom stereocenters. The van der Waals surface area contributed by atoms with E-state index in [-0.39, 0.29) is 18.4 Å². The van der Waals surface area contributed by atoms with Crippen molar-refractivity contribution in [1.29, 1.82) is 0 Å². The molecule has 0 radical (unpaired) electrons. The van der Waals surface area contributed by atoms with Gasteiger partial charge >= 0.3 is 0 Å². The van der Waals surface area contributed by atoms with Gasteiger partial charge in [0.25, 0.3) is 0 Å². The number of hydrogen-bond donors (Lipinski definition) is 1. The van der Waals surface area contributed by atoms with E-state index in [1.54, 1.807) is 30.3 Å². The number of piperidine rings is 1. The Hall–Kier alpha value is -1.40. The van der Waals surface area contributed by atoms with Gasteiger partial charge in [-0.05, 0) is 30.9 Å². The third kappa shape index (κ3) is 4.08. The summed E-state index contributed by atoms with van der Waals surface area (Å²) in [7, 11) is -3.51. The molecule has 1 heterocycles. The quantitative estimate of drug-likeness (QED) is 0.899. The molecule has 1 fully saturated rings. The van der Waals surface area contributed by atoms with Crippen molar-refractivity contribution in [1.82, 2.24) is 9.62 Å². The lowest BCUT2D eigenvalue weighted by molar-refractivity contribution is -0.126. The fourth-order valence-electron chi connectivity index (χ4n) is 2.57. The van der Waals surface area contributed by atoms with E-state index >= 15 is 0 Å². The van der Waals surface area contributed by atoms with Crippen LogP contribution in [0.25, 0.3) is 0 Å². The minimum atomic E-state index is -3.51. The predicted molar refractivity (Wildman–Crippen MR) is 85.8 cm³/mol. The van der Waals surface area contributed by atoms with Crippen LogP contribution in [0.5, 0.6) is 0 Å². The third-order valence-corrected chi connectivity index (χ3v) is 5.70. The average molecular weight is 324 g/mol. The van der Waals surface area contributed by atoms with Gasteiger partial charge in [-0.3, -0.25) is 4.79 Å². The first-order chi connectivity index (χ1) is 10.4. The number of carbonyl (C=O) groups is 1. The molecule has 1 amide bonds. The van der Waals surface area contributed by atoms with Crippen LogP contribution in [-0.2, 0) is 14.8 Å². The lowest BCUT2D eigenvalue weighted by Gasteiger charge is -2.31. The zero-order chi connectivity index (χ0) is 16.2. The van der Waals surface area contributed by atoms with E-state index in [0.717, 1.165) is 6.42 Å². The molecule has 1 saturated heterocycles. The first kappa shape index (κ1) is 17.0. The summed E-state index contributed by atoms with van der Waals surface area (Å²) in [5.41, 5.74) is 0. The summed E-state index contributed by atoms with van der Waals surface area (Å²) in [4.78, 5) is 12.5. The normalized spacial score (nSPS) is 20.0. The molecule has 0 aliphatic carbocycles. The lowest BCUT2D eigenvalue weighted by atomic mass is 9.98. The topological polar surface area (TPSA) is 66.5 Å². The molecule has 1 aliphatic heterocycles. The van der Waals surface area contributed by atoms with Gasteiger partial charge in [0.1, 0.15) is 0 Å². The van der Waals surface area contributed by atoms with Crippen LogP contribution < -0.4 is 5.32 Å². The molecule has 6 heteroatoms. The van der Waals surface area contributed by atoms with Crippen LogP contribution in [0, 0.1) is 11.8 Å². The summed E-state index contributed by atoms with van der Waals surface area (Å²) in [5.74, 6) is 0.0874. The van der Waals surface area contributed by atoms with Crippen LogP contribution in [0.4, 0.5) is 0 Å². The molecule has 0 saturated carbocycles.